The Morgan fingerprint density at radius 2 is 2.14 bits per heavy atom. The fraction of sp³-hybridized carbons (Fsp3) is 0.357. The number of benzene rings is 1. The molecule has 0 amide bonds. The summed E-state index contributed by atoms with van der Waals surface area (Å²) >= 11 is 1.30. The minimum atomic E-state index is -0.395. The number of rotatable bonds is 5. The number of nitrogens with two attached hydrogens (primary N) is 2. The van der Waals surface area contributed by atoms with Crippen molar-refractivity contribution < 1.29 is 9.53 Å². The predicted molar refractivity (Wildman–Crippen MR) is 85.1 cm³/mol. The maximum absolute atomic E-state index is 11.8. The van der Waals surface area contributed by atoms with Crippen molar-refractivity contribution in [3.05, 3.63) is 29.6 Å². The summed E-state index contributed by atoms with van der Waals surface area (Å²) in [4.78, 5) is 12.6. The van der Waals surface area contributed by atoms with Crippen LogP contribution in [0, 0.1) is 0 Å². The van der Waals surface area contributed by atoms with Crippen LogP contribution in [0.1, 0.15) is 37.0 Å². The summed E-state index contributed by atoms with van der Waals surface area (Å²) in [5.41, 5.74) is 6.88. The number of aromatic nitrogens is 3. The Hall–Kier alpha value is -2.22. The predicted octanol–water partition coefficient (Wildman–Crippen LogP) is 1.85. The number of hydrogen-bond donors (Lipinski definition) is 2. The minimum Gasteiger partial charge on any atom is -0.459 e. The summed E-state index contributed by atoms with van der Waals surface area (Å²) in [6, 6.07) is 5.00. The van der Waals surface area contributed by atoms with Gasteiger partial charge in [-0.1, -0.05) is 6.92 Å². The maximum Gasteiger partial charge on any atom is 0.338 e. The fourth-order valence-electron chi connectivity index (χ4n) is 1.77. The van der Waals surface area contributed by atoms with Gasteiger partial charge in [0.25, 0.3) is 0 Å². The van der Waals surface area contributed by atoms with E-state index in [-0.39, 0.29) is 6.10 Å². The van der Waals surface area contributed by atoms with Gasteiger partial charge in [-0.25, -0.2) is 9.47 Å². The Morgan fingerprint density at radius 1 is 1.41 bits per heavy atom. The first-order valence-electron chi connectivity index (χ1n) is 6.90. The zero-order valence-corrected chi connectivity index (χ0v) is 13.6. The molecule has 2 rings (SSSR count). The molecule has 0 aliphatic carbocycles. The average Bonchev–Trinajstić information content (AvgIpc) is 2.81. The molecule has 0 fully saturated rings. The van der Waals surface area contributed by atoms with Crippen LogP contribution in [0.25, 0.3) is 0 Å². The first-order chi connectivity index (χ1) is 10.4. The van der Waals surface area contributed by atoms with Crippen molar-refractivity contribution in [2.75, 3.05) is 11.6 Å². The molecule has 0 aliphatic heterocycles. The van der Waals surface area contributed by atoms with E-state index in [4.69, 9.17) is 16.3 Å². The lowest BCUT2D eigenvalue weighted by Gasteiger charge is -2.10. The van der Waals surface area contributed by atoms with Crippen molar-refractivity contribution in [2.24, 2.45) is 0 Å². The maximum atomic E-state index is 11.8. The number of esters is 1. The molecule has 7 nitrogen and oxygen atoms in total. The van der Waals surface area contributed by atoms with E-state index in [0.717, 1.165) is 4.90 Å². The van der Waals surface area contributed by atoms with Gasteiger partial charge in [-0.15, -0.1) is 10.2 Å². The van der Waals surface area contributed by atoms with Crippen molar-refractivity contribution in [3.8, 4) is 0 Å². The van der Waals surface area contributed by atoms with E-state index in [1.165, 1.54) is 16.4 Å². The van der Waals surface area contributed by atoms with Gasteiger partial charge in [0, 0.05) is 17.0 Å². The molecule has 8 heteroatoms. The van der Waals surface area contributed by atoms with Gasteiger partial charge in [0.2, 0.25) is 5.16 Å². The molecule has 22 heavy (non-hydrogen) atoms. The van der Waals surface area contributed by atoms with Crippen LogP contribution in [-0.4, -0.2) is 26.9 Å². The fourth-order valence-corrected chi connectivity index (χ4v) is 2.56. The molecule has 0 saturated carbocycles. The number of carbonyl (C=O) groups excluding carboxylic acids is 1. The van der Waals surface area contributed by atoms with Gasteiger partial charge in [-0.2, -0.15) is 0 Å². The Kier molecular flexibility index (Phi) is 4.92. The second-order valence-electron chi connectivity index (χ2n) is 4.93. The van der Waals surface area contributed by atoms with Crippen molar-refractivity contribution in [3.63, 3.8) is 0 Å². The number of nitrogens with zero attached hydrogens (tertiary/aromatic N) is 3. The van der Waals surface area contributed by atoms with Gasteiger partial charge >= 0.3 is 5.97 Å². The molecule has 0 aliphatic rings. The lowest BCUT2D eigenvalue weighted by molar-refractivity contribution is 0.0378. The largest absolute Gasteiger partial charge is 0.459 e. The topological polar surface area (TPSA) is 109 Å². The highest BCUT2D eigenvalue weighted by molar-refractivity contribution is 7.99. The van der Waals surface area contributed by atoms with Crippen LogP contribution in [0.5, 0.6) is 0 Å². The normalized spacial score (nSPS) is 10.9. The summed E-state index contributed by atoms with van der Waals surface area (Å²) < 4.78 is 6.57. The Balaban J connectivity index is 2.19. The third-order valence-corrected chi connectivity index (χ3v) is 3.89. The first-order valence-corrected chi connectivity index (χ1v) is 7.71. The summed E-state index contributed by atoms with van der Waals surface area (Å²) in [6.45, 7) is 5.54. The number of ether oxygens (including phenoxy) is 1. The van der Waals surface area contributed by atoms with Crippen LogP contribution in [0.15, 0.2) is 28.3 Å². The van der Waals surface area contributed by atoms with E-state index < -0.39 is 5.97 Å². The SMILES string of the molecule is CCc1nnc(Sc2ccc(C(=O)OC(C)C)cc2N)n1N. The third kappa shape index (κ3) is 3.51. The Morgan fingerprint density at radius 3 is 2.68 bits per heavy atom. The number of nitrogen functional groups attached to an aromatic ring is 2. The van der Waals surface area contributed by atoms with Crippen LogP contribution >= 0.6 is 11.8 Å². The third-order valence-electron chi connectivity index (χ3n) is 2.84. The van der Waals surface area contributed by atoms with Crippen molar-refractivity contribution >= 4 is 23.4 Å². The molecule has 1 heterocycles. The molecule has 0 saturated heterocycles. The van der Waals surface area contributed by atoms with Crippen molar-refractivity contribution in [1.29, 1.82) is 0 Å². The molecular formula is C14H19N5O2S. The first kappa shape index (κ1) is 16.2. The smallest absolute Gasteiger partial charge is 0.338 e. The van der Waals surface area contributed by atoms with E-state index in [1.54, 1.807) is 32.0 Å². The van der Waals surface area contributed by atoms with Crippen LogP contribution in [-0.2, 0) is 11.2 Å². The van der Waals surface area contributed by atoms with E-state index in [1.807, 2.05) is 6.92 Å². The standard InChI is InChI=1S/C14H19N5O2S/c1-4-12-17-18-14(19(12)16)22-11-6-5-9(7-10(11)15)13(20)21-8(2)3/h5-8H,4,15-16H2,1-3H3. The summed E-state index contributed by atoms with van der Waals surface area (Å²) in [5.74, 6) is 6.20. The van der Waals surface area contributed by atoms with E-state index in [2.05, 4.69) is 10.2 Å². The Bertz CT molecular complexity index is 684. The van der Waals surface area contributed by atoms with Gasteiger partial charge in [0.05, 0.1) is 11.7 Å². The zero-order valence-electron chi connectivity index (χ0n) is 12.7. The lowest BCUT2D eigenvalue weighted by atomic mass is 10.2. The van der Waals surface area contributed by atoms with Gasteiger partial charge in [0.15, 0.2) is 5.82 Å². The highest BCUT2D eigenvalue weighted by atomic mass is 32.2. The molecule has 1 aromatic heterocycles. The molecule has 0 atom stereocenters. The highest BCUT2D eigenvalue weighted by Gasteiger charge is 2.14. The van der Waals surface area contributed by atoms with Crippen LogP contribution in [0.2, 0.25) is 0 Å². The molecule has 4 N–H and O–H groups in total. The Labute approximate surface area is 133 Å². The number of aryl methyl sites for hydroxylation is 1. The van der Waals surface area contributed by atoms with E-state index in [0.29, 0.717) is 28.7 Å². The summed E-state index contributed by atoms with van der Waals surface area (Å²) in [7, 11) is 0. The molecule has 0 bridgehead atoms. The number of carbonyl (C=O) groups is 1. The van der Waals surface area contributed by atoms with Gasteiger partial charge in [0.1, 0.15) is 0 Å². The van der Waals surface area contributed by atoms with Crippen molar-refractivity contribution in [1.82, 2.24) is 14.9 Å². The second-order valence-corrected chi connectivity index (χ2v) is 5.94. The van der Waals surface area contributed by atoms with Gasteiger partial charge in [-0.05, 0) is 43.8 Å². The van der Waals surface area contributed by atoms with Crippen LogP contribution in [0.4, 0.5) is 5.69 Å². The van der Waals surface area contributed by atoms with E-state index in [9.17, 15) is 4.79 Å². The highest BCUT2D eigenvalue weighted by Crippen LogP contribution is 2.31. The molecular weight excluding hydrogens is 302 g/mol. The molecule has 0 radical (unpaired) electrons. The molecule has 0 spiro atoms. The molecule has 118 valence electrons. The molecule has 0 unspecified atom stereocenters. The molecule has 1 aromatic carbocycles. The molecule has 2 aromatic rings. The summed E-state index contributed by atoms with van der Waals surface area (Å²) in [6.07, 6.45) is 0.519. The monoisotopic (exact) mass is 321 g/mol. The average molecular weight is 321 g/mol. The van der Waals surface area contributed by atoms with E-state index >= 15 is 0 Å². The summed E-state index contributed by atoms with van der Waals surface area (Å²) in [5, 5.41) is 8.56. The quantitative estimate of drug-likeness (QED) is 0.491. The zero-order chi connectivity index (χ0) is 16.3. The number of anilines is 1. The lowest BCUT2D eigenvalue weighted by Crippen LogP contribution is -2.13. The number of hydrogen-bond acceptors (Lipinski definition) is 7. The second kappa shape index (κ2) is 6.69. The van der Waals surface area contributed by atoms with Gasteiger partial charge < -0.3 is 16.3 Å². The van der Waals surface area contributed by atoms with Crippen LogP contribution in [0.3, 0.4) is 0 Å². The minimum absolute atomic E-state index is 0.175. The van der Waals surface area contributed by atoms with Crippen molar-refractivity contribution in [2.45, 2.75) is 43.3 Å². The van der Waals surface area contributed by atoms with Gasteiger partial charge in [-0.3, -0.25) is 0 Å². The van der Waals surface area contributed by atoms with Crippen LogP contribution < -0.4 is 11.6 Å².